The van der Waals surface area contributed by atoms with E-state index >= 15 is 0 Å². The van der Waals surface area contributed by atoms with Crippen LogP contribution in [0.3, 0.4) is 0 Å². The molecule has 0 aromatic carbocycles. The molecule has 2 heterocycles. The first-order valence-corrected chi connectivity index (χ1v) is 6.30. The van der Waals surface area contributed by atoms with Gasteiger partial charge < -0.3 is 5.32 Å². The Kier molecular flexibility index (Phi) is 3.86. The topological polar surface area (TPSA) is 48.7 Å². The Balaban J connectivity index is 2.23. The standard InChI is InChI=1S/C13H13N3S/c1-2-15-7-10-5-11(9-16-8-10)13-4-3-12(6-14)17-13/h3-5,8-9,15H,2,7H2,1H3. The summed E-state index contributed by atoms with van der Waals surface area (Å²) in [6.45, 7) is 3.85. The molecule has 0 aliphatic rings. The van der Waals surface area contributed by atoms with Crippen LogP contribution in [0.5, 0.6) is 0 Å². The van der Waals surface area contributed by atoms with Gasteiger partial charge in [-0.3, -0.25) is 4.98 Å². The number of hydrogen-bond donors (Lipinski definition) is 1. The third-order valence-electron chi connectivity index (χ3n) is 2.37. The van der Waals surface area contributed by atoms with Crippen LogP contribution >= 0.6 is 11.3 Å². The monoisotopic (exact) mass is 243 g/mol. The third kappa shape index (κ3) is 2.90. The Bertz CT molecular complexity index is 540. The van der Waals surface area contributed by atoms with Crippen molar-refractivity contribution in [3.63, 3.8) is 0 Å². The fourth-order valence-corrected chi connectivity index (χ4v) is 2.33. The number of thiophene rings is 1. The molecule has 0 amide bonds. The first-order valence-electron chi connectivity index (χ1n) is 5.48. The molecule has 3 nitrogen and oxygen atoms in total. The second-order valence-electron chi connectivity index (χ2n) is 3.64. The minimum atomic E-state index is 0.733. The number of nitrogens with zero attached hydrogens (tertiary/aromatic N) is 2. The molecule has 86 valence electrons. The van der Waals surface area contributed by atoms with Crippen LogP contribution in [-0.2, 0) is 6.54 Å². The number of rotatable bonds is 4. The van der Waals surface area contributed by atoms with Gasteiger partial charge in [-0.05, 0) is 30.3 Å². The Morgan fingerprint density at radius 2 is 2.29 bits per heavy atom. The van der Waals surface area contributed by atoms with Gasteiger partial charge in [-0.1, -0.05) is 6.92 Å². The van der Waals surface area contributed by atoms with Gasteiger partial charge in [0.15, 0.2) is 0 Å². The summed E-state index contributed by atoms with van der Waals surface area (Å²) in [7, 11) is 0. The summed E-state index contributed by atoms with van der Waals surface area (Å²) in [4.78, 5) is 6.06. The molecule has 4 heteroatoms. The smallest absolute Gasteiger partial charge is 0.110 e. The summed E-state index contributed by atoms with van der Waals surface area (Å²) in [6.07, 6.45) is 3.70. The van der Waals surface area contributed by atoms with Crippen molar-refractivity contribution in [3.05, 3.63) is 41.0 Å². The third-order valence-corrected chi connectivity index (χ3v) is 3.41. The average molecular weight is 243 g/mol. The van der Waals surface area contributed by atoms with Gasteiger partial charge in [0.2, 0.25) is 0 Å². The van der Waals surface area contributed by atoms with Crippen LogP contribution in [0.25, 0.3) is 10.4 Å². The molecule has 0 aliphatic heterocycles. The molecule has 17 heavy (non-hydrogen) atoms. The largest absolute Gasteiger partial charge is 0.313 e. The van der Waals surface area contributed by atoms with E-state index in [-0.39, 0.29) is 0 Å². The highest BCUT2D eigenvalue weighted by Gasteiger charge is 2.03. The zero-order valence-electron chi connectivity index (χ0n) is 9.60. The molecular weight excluding hydrogens is 230 g/mol. The number of pyridine rings is 1. The maximum atomic E-state index is 8.80. The maximum Gasteiger partial charge on any atom is 0.110 e. The minimum absolute atomic E-state index is 0.733. The minimum Gasteiger partial charge on any atom is -0.313 e. The van der Waals surface area contributed by atoms with Crippen LogP contribution in [0.1, 0.15) is 17.4 Å². The lowest BCUT2D eigenvalue weighted by Crippen LogP contribution is -2.11. The van der Waals surface area contributed by atoms with E-state index in [0.29, 0.717) is 0 Å². The van der Waals surface area contributed by atoms with E-state index in [1.54, 1.807) is 0 Å². The lowest BCUT2D eigenvalue weighted by atomic mass is 10.2. The fourth-order valence-electron chi connectivity index (χ4n) is 1.54. The Hall–Kier alpha value is -1.70. The van der Waals surface area contributed by atoms with E-state index in [0.717, 1.165) is 34.0 Å². The number of aromatic nitrogens is 1. The highest BCUT2D eigenvalue weighted by atomic mass is 32.1. The molecule has 1 N–H and O–H groups in total. The van der Waals surface area contributed by atoms with Gasteiger partial charge >= 0.3 is 0 Å². The zero-order chi connectivity index (χ0) is 12.1. The van der Waals surface area contributed by atoms with E-state index < -0.39 is 0 Å². The highest BCUT2D eigenvalue weighted by molar-refractivity contribution is 7.16. The van der Waals surface area contributed by atoms with Crippen LogP contribution in [0.2, 0.25) is 0 Å². The molecule has 0 fully saturated rings. The molecule has 2 rings (SSSR count). The first-order chi connectivity index (χ1) is 8.33. The lowest BCUT2D eigenvalue weighted by molar-refractivity contribution is 0.724. The molecule has 0 radical (unpaired) electrons. The van der Waals surface area contributed by atoms with Crippen molar-refractivity contribution >= 4 is 11.3 Å². The Morgan fingerprint density at radius 1 is 1.41 bits per heavy atom. The molecule has 2 aromatic heterocycles. The van der Waals surface area contributed by atoms with Crippen LogP contribution in [-0.4, -0.2) is 11.5 Å². The maximum absolute atomic E-state index is 8.80. The average Bonchev–Trinajstić information content (AvgIpc) is 2.85. The molecule has 0 saturated carbocycles. The molecule has 0 unspecified atom stereocenters. The number of nitrogens with one attached hydrogen (secondary N) is 1. The summed E-state index contributed by atoms with van der Waals surface area (Å²) >= 11 is 1.50. The van der Waals surface area contributed by atoms with Crippen molar-refractivity contribution in [1.29, 1.82) is 5.26 Å². The molecule has 0 atom stereocenters. The van der Waals surface area contributed by atoms with Crippen LogP contribution in [0.15, 0.2) is 30.6 Å². The highest BCUT2D eigenvalue weighted by Crippen LogP contribution is 2.27. The fraction of sp³-hybridized carbons (Fsp3) is 0.231. The second kappa shape index (κ2) is 5.58. The van der Waals surface area contributed by atoms with E-state index in [1.165, 1.54) is 11.3 Å². The van der Waals surface area contributed by atoms with Gasteiger partial charge in [0.25, 0.3) is 0 Å². The van der Waals surface area contributed by atoms with Gasteiger partial charge in [0.1, 0.15) is 10.9 Å². The molecule has 0 aliphatic carbocycles. The SMILES string of the molecule is CCNCc1cncc(-c2ccc(C#N)s2)c1. The van der Waals surface area contributed by atoms with Crippen molar-refractivity contribution in [2.45, 2.75) is 13.5 Å². The normalized spacial score (nSPS) is 10.1. The summed E-state index contributed by atoms with van der Waals surface area (Å²) in [5.41, 5.74) is 2.24. The van der Waals surface area contributed by atoms with Gasteiger partial charge in [-0.15, -0.1) is 11.3 Å². The lowest BCUT2D eigenvalue weighted by Gasteiger charge is -2.03. The zero-order valence-corrected chi connectivity index (χ0v) is 10.4. The van der Waals surface area contributed by atoms with Gasteiger partial charge in [-0.2, -0.15) is 5.26 Å². The molecule has 0 spiro atoms. The van der Waals surface area contributed by atoms with Gasteiger partial charge in [0, 0.05) is 29.4 Å². The second-order valence-corrected chi connectivity index (χ2v) is 4.72. The van der Waals surface area contributed by atoms with E-state index in [9.17, 15) is 0 Å². The van der Waals surface area contributed by atoms with Crippen molar-refractivity contribution < 1.29 is 0 Å². The predicted octanol–water partition coefficient (Wildman–Crippen LogP) is 2.79. The van der Waals surface area contributed by atoms with Crippen LogP contribution < -0.4 is 5.32 Å². The van der Waals surface area contributed by atoms with Gasteiger partial charge in [-0.25, -0.2) is 0 Å². The molecule has 0 bridgehead atoms. The molecular formula is C13H13N3S. The summed E-state index contributed by atoms with van der Waals surface area (Å²) in [5, 5.41) is 12.1. The van der Waals surface area contributed by atoms with E-state index in [1.807, 2.05) is 24.5 Å². The van der Waals surface area contributed by atoms with Crippen molar-refractivity contribution in [1.82, 2.24) is 10.3 Å². The van der Waals surface area contributed by atoms with Crippen molar-refractivity contribution in [2.24, 2.45) is 0 Å². The Morgan fingerprint density at radius 3 is 3.00 bits per heavy atom. The molecule has 2 aromatic rings. The quantitative estimate of drug-likeness (QED) is 0.898. The van der Waals surface area contributed by atoms with Crippen LogP contribution in [0, 0.1) is 11.3 Å². The molecule has 0 saturated heterocycles. The van der Waals surface area contributed by atoms with E-state index in [2.05, 4.69) is 29.4 Å². The summed E-state index contributed by atoms with van der Waals surface area (Å²) < 4.78 is 0. The van der Waals surface area contributed by atoms with Crippen LogP contribution in [0.4, 0.5) is 0 Å². The summed E-state index contributed by atoms with van der Waals surface area (Å²) in [5.74, 6) is 0. The van der Waals surface area contributed by atoms with E-state index in [4.69, 9.17) is 5.26 Å². The van der Waals surface area contributed by atoms with Crippen molar-refractivity contribution in [2.75, 3.05) is 6.54 Å². The van der Waals surface area contributed by atoms with Crippen molar-refractivity contribution in [3.8, 4) is 16.5 Å². The van der Waals surface area contributed by atoms with Gasteiger partial charge in [0.05, 0.1) is 0 Å². The number of nitriles is 1. The summed E-state index contributed by atoms with van der Waals surface area (Å²) in [6, 6.07) is 8.08. The first kappa shape index (κ1) is 11.8. The predicted molar refractivity (Wildman–Crippen MR) is 69.6 cm³/mol. The Labute approximate surface area is 105 Å². The number of hydrogen-bond acceptors (Lipinski definition) is 4.